The first kappa shape index (κ1) is 65.1. The molecule has 0 spiro atoms. The van der Waals surface area contributed by atoms with Gasteiger partial charge >= 0.3 is 0 Å². The monoisotopic (exact) mass is 1410 g/mol. The van der Waals surface area contributed by atoms with Crippen molar-refractivity contribution in [2.24, 2.45) is 0 Å². The quantitative estimate of drug-likeness (QED) is 0.134. The summed E-state index contributed by atoms with van der Waals surface area (Å²) in [6.07, 6.45) is 0. The molecule has 2 aliphatic heterocycles. The predicted octanol–water partition coefficient (Wildman–Crippen LogP) is 26.9. The van der Waals surface area contributed by atoms with Gasteiger partial charge in [0.15, 0.2) is 0 Å². The van der Waals surface area contributed by atoms with E-state index >= 15 is 0 Å². The van der Waals surface area contributed by atoms with Crippen molar-refractivity contribution in [1.29, 1.82) is 0 Å². The third kappa shape index (κ3) is 10.00. The fraction of sp³-hybridized carbons (Fsp3) is 0.0857. The van der Waals surface area contributed by atoms with Gasteiger partial charge in [0.25, 0.3) is 6.71 Å². The highest BCUT2D eigenvalue weighted by Crippen LogP contribution is 2.55. The molecule has 5 heteroatoms. The number of rotatable bonds is 9. The van der Waals surface area contributed by atoms with E-state index in [1.807, 2.05) is 0 Å². The highest BCUT2D eigenvalue weighted by molar-refractivity contribution is 7.00. The van der Waals surface area contributed by atoms with E-state index < -0.39 is 0 Å². The van der Waals surface area contributed by atoms with Crippen LogP contribution < -0.4 is 26.2 Å². The van der Waals surface area contributed by atoms with E-state index in [-0.39, 0.29) is 17.5 Å². The van der Waals surface area contributed by atoms with Gasteiger partial charge in [-0.1, -0.05) is 321 Å². The van der Waals surface area contributed by atoms with Gasteiger partial charge in [0.2, 0.25) is 0 Å². The minimum absolute atomic E-state index is 0.170. The number of para-hydroxylation sites is 2. The lowest BCUT2D eigenvalue weighted by Gasteiger charge is -2.46. The van der Waals surface area contributed by atoms with Crippen molar-refractivity contribution < 1.29 is 0 Å². The van der Waals surface area contributed by atoms with Gasteiger partial charge in [-0.05, 0) is 189 Å². The van der Waals surface area contributed by atoms with Crippen LogP contribution in [0.5, 0.6) is 0 Å². The number of allylic oxidation sites excluding steroid dienone is 1. The van der Waals surface area contributed by atoms with Gasteiger partial charge in [0, 0.05) is 77.9 Å². The van der Waals surface area contributed by atoms with Gasteiger partial charge in [0.1, 0.15) is 0 Å². The minimum atomic E-state index is -0.347. The zero-order chi connectivity index (χ0) is 74.0. The second-order valence-electron chi connectivity index (χ2n) is 32.5. The summed E-state index contributed by atoms with van der Waals surface area (Å²) in [6.45, 7) is 20.8. The van der Waals surface area contributed by atoms with Gasteiger partial charge in [0.05, 0.1) is 33.4 Å². The van der Waals surface area contributed by atoms with Crippen molar-refractivity contribution in [3.8, 4) is 55.9 Å². The summed E-state index contributed by atoms with van der Waals surface area (Å²) >= 11 is 0. The van der Waals surface area contributed by atoms with E-state index in [0.29, 0.717) is 0 Å². The molecule has 17 aromatic carbocycles. The molecule has 0 unspecified atom stereocenters. The first-order valence-electron chi connectivity index (χ1n) is 38.7. The van der Waals surface area contributed by atoms with E-state index in [9.17, 15) is 0 Å². The van der Waals surface area contributed by atoms with E-state index in [2.05, 4.69) is 414 Å². The molecule has 19 aromatic rings. The molecule has 0 saturated heterocycles. The molecule has 110 heavy (non-hydrogen) atoms. The van der Waals surface area contributed by atoms with Crippen molar-refractivity contribution in [3.05, 3.63) is 363 Å². The Balaban J connectivity index is 0.940. The summed E-state index contributed by atoms with van der Waals surface area (Å²) < 4.78 is 5.18. The van der Waals surface area contributed by atoms with Gasteiger partial charge in [-0.15, -0.1) is 0 Å². The van der Waals surface area contributed by atoms with Crippen LogP contribution in [0.1, 0.15) is 65.2 Å². The third-order valence-corrected chi connectivity index (χ3v) is 23.8. The maximum absolute atomic E-state index is 4.67. The Hall–Kier alpha value is -13.2. The summed E-state index contributed by atoms with van der Waals surface area (Å²) in [7, 11) is 0. The molecule has 0 saturated carbocycles. The Labute approximate surface area is 642 Å². The number of nitrogens with zero attached hydrogens (tertiary/aromatic N) is 4. The standard InChI is InChI=1S/C105H79BN4/c1-65(2)85-63-95-99(83-45-27-25-43-81(83)85)86-55-70-39-21-23-41-72(70)57-91(86)107(95)75-51-53-89-93(61-75)109(102-77(66-31-13-9-14-32-66)47-29-48-78(102)67-33-15-10-16-34-67)97-59-74(104(3,4)5)60-98-101(97)106(89)90-54-52-76(62-94(90)110(98)103-79(68-35-17-11-18-36-68)49-30-50-80(103)69-37-19-12-20-38-69)108-92-58-73-42-24-22-40-71(73)56-87(92)100-84-46-28-26-44-82(84)88(64-96(100)108)105(6,7)8/h9-64H,1H2,2-8H3. The maximum Gasteiger partial charge on any atom is 0.252 e. The van der Waals surface area contributed by atoms with Gasteiger partial charge in [-0.2, -0.15) is 0 Å². The molecule has 0 amide bonds. The first-order chi connectivity index (χ1) is 53.7. The first-order valence-corrected chi connectivity index (χ1v) is 38.7. The molecule has 4 nitrogen and oxygen atoms in total. The van der Waals surface area contributed by atoms with Crippen LogP contribution in [-0.2, 0) is 10.8 Å². The minimum Gasteiger partial charge on any atom is -0.310 e. The number of benzene rings is 17. The van der Waals surface area contributed by atoms with E-state index in [1.54, 1.807) is 0 Å². The van der Waals surface area contributed by atoms with Gasteiger partial charge < -0.3 is 18.9 Å². The topological polar surface area (TPSA) is 16.3 Å². The van der Waals surface area contributed by atoms with Crippen molar-refractivity contribution in [2.45, 2.75) is 59.3 Å². The maximum atomic E-state index is 4.67. The zero-order valence-corrected chi connectivity index (χ0v) is 62.9. The van der Waals surface area contributed by atoms with Crippen LogP contribution in [0.2, 0.25) is 0 Å². The highest BCUT2D eigenvalue weighted by Gasteiger charge is 2.46. The molecule has 0 N–H and O–H groups in total. The summed E-state index contributed by atoms with van der Waals surface area (Å²) in [6, 6.07) is 129. The Morgan fingerprint density at radius 1 is 0.300 bits per heavy atom. The lowest BCUT2D eigenvalue weighted by molar-refractivity contribution is 0.590. The van der Waals surface area contributed by atoms with Crippen LogP contribution in [0.3, 0.4) is 0 Å². The second kappa shape index (κ2) is 24.7. The number of hydrogen-bond donors (Lipinski definition) is 0. The van der Waals surface area contributed by atoms with E-state index in [1.165, 1.54) is 103 Å². The van der Waals surface area contributed by atoms with Crippen LogP contribution in [0, 0.1) is 0 Å². The SMILES string of the molecule is C=C(C)c1cc2c(c3ccccc13)c1cc3ccccc3cc1n2-c1ccc2c(c1)N(c1c(-c3ccccc3)cccc1-c1ccccc1)c1cc(C(C)(C)C)cc3c1B2c1ccc(-n2c4cc5ccccc5cc4c4c5ccccc5c(C(C)(C)C)cc42)cc1N3c1c(-c2ccccc2)cccc1-c1ccccc1. The van der Waals surface area contributed by atoms with Crippen LogP contribution in [0.25, 0.3) is 148 Å². The molecule has 0 bridgehead atoms. The van der Waals surface area contributed by atoms with Crippen molar-refractivity contribution in [1.82, 2.24) is 9.13 Å². The van der Waals surface area contributed by atoms with E-state index in [0.717, 1.165) is 112 Å². The fourth-order valence-electron chi connectivity index (χ4n) is 18.8. The summed E-state index contributed by atoms with van der Waals surface area (Å²) in [5.41, 5.74) is 30.5. The number of aromatic nitrogens is 2. The molecular weight excluding hydrogens is 1330 g/mol. The average molecular weight is 1410 g/mol. The van der Waals surface area contributed by atoms with Crippen molar-refractivity contribution >= 4 is 150 Å². The highest BCUT2D eigenvalue weighted by atomic mass is 15.2. The Morgan fingerprint density at radius 3 is 1.06 bits per heavy atom. The lowest BCUT2D eigenvalue weighted by atomic mass is 9.33. The molecule has 522 valence electrons. The Kier molecular flexibility index (Phi) is 14.6. The Bertz CT molecular complexity index is 6960. The Morgan fingerprint density at radius 2 is 0.664 bits per heavy atom. The second-order valence-corrected chi connectivity index (χ2v) is 32.5. The number of hydrogen-bond acceptors (Lipinski definition) is 2. The van der Waals surface area contributed by atoms with Crippen LogP contribution >= 0.6 is 0 Å². The predicted molar refractivity (Wildman–Crippen MR) is 473 cm³/mol. The van der Waals surface area contributed by atoms with Crippen molar-refractivity contribution in [2.75, 3.05) is 9.80 Å². The van der Waals surface area contributed by atoms with Crippen molar-refractivity contribution in [3.63, 3.8) is 0 Å². The lowest BCUT2D eigenvalue weighted by Crippen LogP contribution is -2.61. The average Bonchev–Trinajstić information content (AvgIpc) is 0.936. The van der Waals surface area contributed by atoms with Crippen LogP contribution in [0.15, 0.2) is 346 Å². The van der Waals surface area contributed by atoms with Gasteiger partial charge in [-0.3, -0.25) is 0 Å². The molecule has 0 aliphatic carbocycles. The number of anilines is 6. The van der Waals surface area contributed by atoms with E-state index in [4.69, 9.17) is 0 Å². The smallest absolute Gasteiger partial charge is 0.252 e. The van der Waals surface area contributed by atoms with Crippen LogP contribution in [-0.4, -0.2) is 15.8 Å². The molecule has 2 aliphatic rings. The van der Waals surface area contributed by atoms with Crippen LogP contribution in [0.4, 0.5) is 34.1 Å². The fourth-order valence-corrected chi connectivity index (χ4v) is 18.8. The zero-order valence-electron chi connectivity index (χ0n) is 62.9. The largest absolute Gasteiger partial charge is 0.310 e. The number of fused-ring (bicyclic) bond motifs is 16. The molecule has 4 heterocycles. The summed E-state index contributed by atoms with van der Waals surface area (Å²) in [5, 5.41) is 14.7. The third-order valence-electron chi connectivity index (χ3n) is 23.8. The van der Waals surface area contributed by atoms with Gasteiger partial charge in [-0.25, -0.2) is 0 Å². The summed E-state index contributed by atoms with van der Waals surface area (Å²) in [5.74, 6) is 0. The molecule has 0 atom stereocenters. The molecule has 2 aromatic heterocycles. The molecule has 0 fully saturated rings. The normalized spacial score (nSPS) is 12.8. The molecule has 21 rings (SSSR count). The molecule has 0 radical (unpaired) electrons. The summed E-state index contributed by atoms with van der Waals surface area (Å²) in [4.78, 5) is 5.43. The molecular formula is C105H79BN4.